The third kappa shape index (κ3) is 20.7. The number of hydrogen-bond acceptors (Lipinski definition) is 12. The number of aliphatic carboxylic acids is 2. The van der Waals surface area contributed by atoms with Gasteiger partial charge in [0.15, 0.2) is 0 Å². The molecule has 21 nitrogen and oxygen atoms in total. The van der Waals surface area contributed by atoms with Crippen LogP contribution in [0.4, 0.5) is 0 Å². The van der Waals surface area contributed by atoms with Gasteiger partial charge in [-0.15, -0.1) is 0 Å². The van der Waals surface area contributed by atoms with Crippen molar-refractivity contribution in [3.8, 4) is 11.5 Å². The Balaban J connectivity index is 1.79. The van der Waals surface area contributed by atoms with Gasteiger partial charge in [0.05, 0.1) is 24.0 Å². The number of hydrogen-bond donors (Lipinski definition) is 10. The average molecular weight is 1120 g/mol. The van der Waals surface area contributed by atoms with Gasteiger partial charge in [-0.1, -0.05) is 113 Å². The molecular weight excluding hydrogens is 1040 g/mol. The Morgan fingerprint density at radius 3 is 1.74 bits per heavy atom. The number of amides is 7. The number of carboxylic acids is 2. The lowest BCUT2D eigenvalue weighted by molar-refractivity contribution is -0.146. The fraction of sp³-hybridized carbons (Fsp3) is 0.450. The van der Waals surface area contributed by atoms with E-state index in [0.717, 1.165) is 27.2 Å². The summed E-state index contributed by atoms with van der Waals surface area (Å²) >= 11 is 0. The van der Waals surface area contributed by atoms with Crippen molar-refractivity contribution in [2.45, 2.75) is 141 Å². The number of benzene rings is 3. The molecule has 4 rings (SSSR count). The first kappa shape index (κ1) is 65.2. The molecule has 1 saturated heterocycles. The first-order valence-corrected chi connectivity index (χ1v) is 27.2. The zero-order valence-corrected chi connectivity index (χ0v) is 47.1. The normalized spacial score (nSPS) is 23.6. The standard InChI is InChI=1S/C60H79N7O14/c1-9-40(33-35(2)50(81-8)34-43-15-11-10-12-16-43)25-30-46-36(3)53(71)65-49(59(77)78)31-32-51(70)67(7)39(6)56(74)61-38(5)55(73)64-48(20-14-18-42-23-28-45(69)29-24-42)58(76)66-52(60(79)80)37(4)54(72)63-47(57(75)62-46)19-13-17-41-21-26-44(68)27-22-41/h10-12,15-16,21-30,33,35-38,46-50,52,68-69H,6,9,13-14,17-20,31-32,34H2,1-5,7-8H3,(H,61,74)(H,62,75)(H,63,72)(H,64,73)(H,65,71)(H,66,76)(H,77,78)(H,79,80)/b30-25+,40-33+/t35-,36-,37-,38+,46-,47-,48-,49+,50-,52+/m0/s1. The predicted molar refractivity (Wildman–Crippen MR) is 302 cm³/mol. The summed E-state index contributed by atoms with van der Waals surface area (Å²) in [5.41, 5.74) is 2.99. The van der Waals surface area contributed by atoms with E-state index in [2.05, 4.69) is 38.5 Å². The lowest BCUT2D eigenvalue weighted by Gasteiger charge is -2.28. The van der Waals surface area contributed by atoms with Gasteiger partial charge in [0, 0.05) is 26.5 Å². The van der Waals surface area contributed by atoms with Crippen LogP contribution in [0.5, 0.6) is 11.5 Å². The molecule has 1 aliphatic heterocycles. The Hall–Kier alpha value is -8.33. The highest BCUT2D eigenvalue weighted by molar-refractivity contribution is 6.00. The maximum atomic E-state index is 14.8. The second-order valence-electron chi connectivity index (χ2n) is 20.5. The Kier molecular flexibility index (Phi) is 25.8. The number of aromatic hydroxyl groups is 2. The number of phenolic OH excluding ortho intramolecular Hbond substituents is 2. The number of carbonyl (C=O) groups is 9. The van der Waals surface area contributed by atoms with Crippen molar-refractivity contribution in [3.63, 3.8) is 0 Å². The molecule has 438 valence electrons. The third-order valence-corrected chi connectivity index (χ3v) is 14.4. The summed E-state index contributed by atoms with van der Waals surface area (Å²) in [7, 11) is 2.84. The molecule has 3 aromatic carbocycles. The number of carbonyl (C=O) groups excluding carboxylic acids is 7. The minimum Gasteiger partial charge on any atom is -0.508 e. The van der Waals surface area contributed by atoms with E-state index in [0.29, 0.717) is 25.7 Å². The number of allylic oxidation sites excluding steroid dienone is 2. The number of nitrogens with one attached hydrogen (secondary N) is 6. The fourth-order valence-electron chi connectivity index (χ4n) is 9.00. The summed E-state index contributed by atoms with van der Waals surface area (Å²) in [6, 6.07) is 13.5. The first-order valence-electron chi connectivity index (χ1n) is 27.2. The quantitative estimate of drug-likeness (QED) is 0.0625. The number of rotatable bonds is 18. The second kappa shape index (κ2) is 32.1. The van der Waals surface area contributed by atoms with Crippen LogP contribution in [0.3, 0.4) is 0 Å². The van der Waals surface area contributed by atoms with E-state index >= 15 is 0 Å². The van der Waals surface area contributed by atoms with Gasteiger partial charge in [0.1, 0.15) is 47.4 Å². The van der Waals surface area contributed by atoms with Crippen LogP contribution in [-0.4, -0.2) is 135 Å². The Morgan fingerprint density at radius 1 is 0.691 bits per heavy atom. The molecule has 3 aromatic rings. The van der Waals surface area contributed by atoms with E-state index in [4.69, 9.17) is 4.74 Å². The summed E-state index contributed by atoms with van der Waals surface area (Å²) in [5, 5.41) is 55.9. The number of aryl methyl sites for hydroxylation is 2. The van der Waals surface area contributed by atoms with Gasteiger partial charge in [-0.2, -0.15) is 0 Å². The van der Waals surface area contributed by atoms with E-state index in [9.17, 15) is 63.6 Å². The molecule has 0 radical (unpaired) electrons. The van der Waals surface area contributed by atoms with Gasteiger partial charge in [0.25, 0.3) is 5.91 Å². The molecule has 0 aromatic heterocycles. The molecule has 0 bridgehead atoms. The fourth-order valence-corrected chi connectivity index (χ4v) is 9.00. The lowest BCUT2D eigenvalue weighted by atomic mass is 9.93. The molecule has 1 heterocycles. The van der Waals surface area contributed by atoms with Crippen LogP contribution in [-0.2, 0) is 67.2 Å². The molecule has 10 N–H and O–H groups in total. The minimum atomic E-state index is -1.92. The molecule has 0 spiro atoms. The number of methoxy groups -OCH3 is 1. The number of likely N-dealkylation sites (N-methyl/N-ethyl adjacent to an activating group) is 1. The smallest absolute Gasteiger partial charge is 0.327 e. The van der Waals surface area contributed by atoms with Crippen molar-refractivity contribution >= 4 is 53.3 Å². The van der Waals surface area contributed by atoms with Crippen LogP contribution in [0.1, 0.15) is 96.3 Å². The number of ether oxygens (including phenoxy) is 1. The summed E-state index contributed by atoms with van der Waals surface area (Å²) in [4.78, 5) is 125. The molecule has 7 amide bonds. The summed E-state index contributed by atoms with van der Waals surface area (Å²) < 4.78 is 5.89. The molecule has 1 fully saturated rings. The van der Waals surface area contributed by atoms with Gasteiger partial charge in [-0.05, 0) is 106 Å². The van der Waals surface area contributed by atoms with Crippen molar-refractivity contribution in [3.05, 3.63) is 132 Å². The van der Waals surface area contributed by atoms with E-state index in [1.54, 1.807) is 43.5 Å². The topological polar surface area (TPSA) is 319 Å². The van der Waals surface area contributed by atoms with Gasteiger partial charge in [-0.25, -0.2) is 9.59 Å². The van der Waals surface area contributed by atoms with Crippen LogP contribution in [0.15, 0.2) is 115 Å². The average Bonchev–Trinajstić information content (AvgIpc) is 3.44. The van der Waals surface area contributed by atoms with Crippen LogP contribution in [0.2, 0.25) is 0 Å². The number of phenols is 2. The van der Waals surface area contributed by atoms with Gasteiger partial charge < -0.3 is 62.0 Å². The maximum Gasteiger partial charge on any atom is 0.327 e. The lowest BCUT2D eigenvalue weighted by Crippen LogP contribution is -2.59. The zero-order valence-electron chi connectivity index (χ0n) is 47.1. The van der Waals surface area contributed by atoms with Gasteiger partial charge in [0.2, 0.25) is 35.4 Å². The third-order valence-electron chi connectivity index (χ3n) is 14.4. The summed E-state index contributed by atoms with van der Waals surface area (Å²) in [6.45, 7) is 11.6. The molecule has 1 aliphatic rings. The predicted octanol–water partition coefficient (Wildman–Crippen LogP) is 4.37. The molecule has 0 aliphatic carbocycles. The van der Waals surface area contributed by atoms with Crippen molar-refractivity contribution in [1.29, 1.82) is 0 Å². The largest absolute Gasteiger partial charge is 0.508 e. The van der Waals surface area contributed by atoms with Crippen molar-refractivity contribution in [2.24, 2.45) is 17.8 Å². The number of nitrogens with zero attached hydrogens (tertiary/aromatic N) is 1. The molecule has 81 heavy (non-hydrogen) atoms. The van der Waals surface area contributed by atoms with Crippen molar-refractivity contribution in [1.82, 2.24) is 36.8 Å². The van der Waals surface area contributed by atoms with Crippen LogP contribution >= 0.6 is 0 Å². The molecule has 10 atom stereocenters. The summed E-state index contributed by atoms with van der Waals surface area (Å²) in [5.74, 6) is -12.2. The van der Waals surface area contributed by atoms with Gasteiger partial charge in [-0.3, -0.25) is 33.6 Å². The highest BCUT2D eigenvalue weighted by Crippen LogP contribution is 2.21. The van der Waals surface area contributed by atoms with Crippen LogP contribution in [0, 0.1) is 17.8 Å². The summed E-state index contributed by atoms with van der Waals surface area (Å²) in [6.07, 6.45) is 6.40. The molecule has 21 heteroatoms. The highest BCUT2D eigenvalue weighted by atomic mass is 16.5. The number of carboxylic acid groups (broad SMARTS) is 2. The highest BCUT2D eigenvalue weighted by Gasteiger charge is 2.37. The monoisotopic (exact) mass is 1120 g/mol. The van der Waals surface area contributed by atoms with E-state index in [1.807, 2.05) is 50.3 Å². The second-order valence-corrected chi connectivity index (χ2v) is 20.5. The van der Waals surface area contributed by atoms with E-state index < -0.39 is 120 Å². The molecule has 0 saturated carbocycles. The van der Waals surface area contributed by atoms with Crippen molar-refractivity contribution in [2.75, 3.05) is 14.2 Å². The van der Waals surface area contributed by atoms with Gasteiger partial charge >= 0.3 is 11.9 Å². The minimum absolute atomic E-state index is 0.0313. The molecular formula is C60H79N7O14. The van der Waals surface area contributed by atoms with E-state index in [1.165, 1.54) is 52.1 Å². The Morgan fingerprint density at radius 2 is 1.22 bits per heavy atom. The SMILES string of the molecule is C=C1C(=O)N[C@H](C)C(=O)N[C@@H](CCCc2ccc(O)cc2)C(=O)N[C@@H](C(=O)O)[C@H](C)C(=O)N[C@@H](CCCc2ccc(O)cc2)C(=O)N[C@@H](/C=C/C(=C/[C@H](C)[C@H](Cc2ccccc2)OC)CC)[C@H](C)C(=O)N[C@@H](C(=O)O)CCC(=O)N1C. The Labute approximate surface area is 473 Å². The van der Waals surface area contributed by atoms with Crippen LogP contribution in [0.25, 0.3) is 0 Å². The first-order chi connectivity index (χ1) is 38.4. The maximum absolute atomic E-state index is 14.8. The van der Waals surface area contributed by atoms with Crippen LogP contribution < -0.4 is 31.9 Å². The Bertz CT molecular complexity index is 2730. The van der Waals surface area contributed by atoms with E-state index in [-0.39, 0.29) is 49.2 Å². The molecule has 0 unspecified atom stereocenters. The zero-order chi connectivity index (χ0) is 59.9. The van der Waals surface area contributed by atoms with Crippen molar-refractivity contribution < 1.29 is 68.3 Å².